The van der Waals surface area contributed by atoms with Gasteiger partial charge in [0.1, 0.15) is 0 Å². The molecule has 1 unspecified atom stereocenters. The molecule has 0 aliphatic carbocycles. The van der Waals surface area contributed by atoms with Crippen LogP contribution < -0.4 is 5.32 Å². The maximum Gasteiger partial charge on any atom is 0.393 e. The molecule has 6 heteroatoms. The predicted octanol–water partition coefficient (Wildman–Crippen LogP) is 1.50. The summed E-state index contributed by atoms with van der Waals surface area (Å²) in [7, 11) is 1.63. The highest BCUT2D eigenvalue weighted by Crippen LogP contribution is 2.32. The summed E-state index contributed by atoms with van der Waals surface area (Å²) in [5.74, 6) is -1.14. The molecule has 0 aromatic carbocycles. The first kappa shape index (κ1) is 14.7. The third kappa shape index (κ3) is 5.70. The van der Waals surface area contributed by atoms with Crippen LogP contribution in [-0.4, -0.2) is 57.5 Å². The molecule has 0 aromatic heterocycles. The summed E-state index contributed by atoms with van der Waals surface area (Å²) in [6, 6.07) is 0. The van der Waals surface area contributed by atoms with E-state index in [0.29, 0.717) is 26.1 Å². The molecule has 0 amide bonds. The number of nitrogens with one attached hydrogen (secondary N) is 1. The van der Waals surface area contributed by atoms with Crippen molar-refractivity contribution in [3.05, 3.63) is 0 Å². The number of piperidine rings is 1. The average molecular weight is 254 g/mol. The molecule has 0 saturated carbocycles. The van der Waals surface area contributed by atoms with Crippen molar-refractivity contribution in [2.75, 3.05) is 46.4 Å². The van der Waals surface area contributed by atoms with E-state index in [1.807, 2.05) is 4.90 Å². The first-order valence-corrected chi connectivity index (χ1v) is 6.02. The Bertz CT molecular complexity index is 211. The second kappa shape index (κ2) is 7.18. The fourth-order valence-electron chi connectivity index (χ4n) is 2.06. The molecule has 1 N–H and O–H groups in total. The second-order valence-electron chi connectivity index (χ2n) is 4.42. The molecule has 1 fully saturated rings. The van der Waals surface area contributed by atoms with E-state index in [0.717, 1.165) is 13.1 Å². The van der Waals surface area contributed by atoms with Crippen molar-refractivity contribution < 1.29 is 17.9 Å². The van der Waals surface area contributed by atoms with Gasteiger partial charge >= 0.3 is 6.18 Å². The molecule has 102 valence electrons. The van der Waals surface area contributed by atoms with Gasteiger partial charge in [-0.05, 0) is 19.4 Å². The smallest absolute Gasteiger partial charge is 0.383 e. The van der Waals surface area contributed by atoms with Gasteiger partial charge in [-0.25, -0.2) is 0 Å². The minimum atomic E-state index is -4.04. The van der Waals surface area contributed by atoms with Gasteiger partial charge in [-0.1, -0.05) is 0 Å². The number of hydrogen-bond acceptors (Lipinski definition) is 3. The number of ether oxygens (including phenoxy) is 1. The van der Waals surface area contributed by atoms with Gasteiger partial charge in [0, 0.05) is 33.3 Å². The van der Waals surface area contributed by atoms with Gasteiger partial charge in [-0.2, -0.15) is 13.2 Å². The molecule has 1 aliphatic heterocycles. The number of nitrogens with zero attached hydrogens (tertiary/aromatic N) is 1. The molecule has 1 heterocycles. The summed E-state index contributed by atoms with van der Waals surface area (Å²) in [5, 5.41) is 3.14. The van der Waals surface area contributed by atoms with E-state index >= 15 is 0 Å². The lowest BCUT2D eigenvalue weighted by Crippen LogP contribution is -2.44. The molecule has 17 heavy (non-hydrogen) atoms. The Morgan fingerprint density at radius 2 is 2.12 bits per heavy atom. The van der Waals surface area contributed by atoms with Gasteiger partial charge in [-0.15, -0.1) is 0 Å². The van der Waals surface area contributed by atoms with Crippen LogP contribution in [0.25, 0.3) is 0 Å². The highest BCUT2D eigenvalue weighted by molar-refractivity contribution is 4.78. The summed E-state index contributed by atoms with van der Waals surface area (Å²) in [5.41, 5.74) is 0. The predicted molar refractivity (Wildman–Crippen MR) is 60.0 cm³/mol. The van der Waals surface area contributed by atoms with Crippen LogP contribution in [0.2, 0.25) is 0 Å². The van der Waals surface area contributed by atoms with Crippen molar-refractivity contribution in [2.24, 2.45) is 5.92 Å². The molecular weight excluding hydrogens is 233 g/mol. The van der Waals surface area contributed by atoms with Crippen molar-refractivity contribution >= 4 is 0 Å². The van der Waals surface area contributed by atoms with Crippen LogP contribution in [0.4, 0.5) is 13.2 Å². The zero-order valence-electron chi connectivity index (χ0n) is 10.2. The van der Waals surface area contributed by atoms with Crippen LogP contribution in [0.5, 0.6) is 0 Å². The van der Waals surface area contributed by atoms with Gasteiger partial charge < -0.3 is 15.0 Å². The monoisotopic (exact) mass is 254 g/mol. The molecule has 0 aromatic rings. The fraction of sp³-hybridized carbons (Fsp3) is 1.00. The lowest BCUT2D eigenvalue weighted by Gasteiger charge is -2.33. The lowest BCUT2D eigenvalue weighted by molar-refractivity contribution is -0.186. The Morgan fingerprint density at radius 1 is 1.35 bits per heavy atom. The highest BCUT2D eigenvalue weighted by Gasteiger charge is 2.41. The molecule has 1 atom stereocenters. The van der Waals surface area contributed by atoms with Crippen LogP contribution in [0.15, 0.2) is 0 Å². The van der Waals surface area contributed by atoms with Crippen LogP contribution in [0.3, 0.4) is 0 Å². The van der Waals surface area contributed by atoms with Crippen LogP contribution in [-0.2, 0) is 4.74 Å². The summed E-state index contributed by atoms with van der Waals surface area (Å²) >= 11 is 0. The molecule has 0 spiro atoms. The first-order chi connectivity index (χ1) is 8.04. The topological polar surface area (TPSA) is 24.5 Å². The standard InChI is InChI=1S/C11H21F3N2O/c1-17-8-5-15-4-7-16-6-2-3-10(9-16)11(12,13)14/h10,15H,2-9H2,1H3. The maximum atomic E-state index is 12.5. The summed E-state index contributed by atoms with van der Waals surface area (Å²) in [6.45, 7) is 3.69. The van der Waals surface area contributed by atoms with Gasteiger partial charge in [0.2, 0.25) is 0 Å². The molecular formula is C11H21F3N2O. The minimum absolute atomic E-state index is 0.148. The summed E-state index contributed by atoms with van der Waals surface area (Å²) in [4.78, 5) is 1.89. The number of alkyl halides is 3. The fourth-order valence-corrected chi connectivity index (χ4v) is 2.06. The summed E-state index contributed by atoms with van der Waals surface area (Å²) in [6.07, 6.45) is -3.12. The number of hydrogen-bond donors (Lipinski definition) is 1. The Labute approximate surface area is 100 Å². The second-order valence-corrected chi connectivity index (χ2v) is 4.42. The van der Waals surface area contributed by atoms with Crippen molar-refractivity contribution in [3.8, 4) is 0 Å². The molecule has 0 radical (unpaired) electrons. The molecule has 1 aliphatic rings. The normalized spacial score (nSPS) is 22.9. The Hall–Kier alpha value is -0.330. The van der Waals surface area contributed by atoms with E-state index in [-0.39, 0.29) is 13.0 Å². The van der Waals surface area contributed by atoms with E-state index in [2.05, 4.69) is 5.32 Å². The van der Waals surface area contributed by atoms with Gasteiger partial charge in [-0.3, -0.25) is 0 Å². The van der Waals surface area contributed by atoms with Gasteiger partial charge in [0.25, 0.3) is 0 Å². The molecule has 0 bridgehead atoms. The zero-order chi connectivity index (χ0) is 12.7. The van der Waals surface area contributed by atoms with Crippen molar-refractivity contribution in [1.29, 1.82) is 0 Å². The number of methoxy groups -OCH3 is 1. The van der Waals surface area contributed by atoms with E-state index < -0.39 is 12.1 Å². The van der Waals surface area contributed by atoms with Gasteiger partial charge in [0.05, 0.1) is 12.5 Å². The van der Waals surface area contributed by atoms with Crippen LogP contribution in [0.1, 0.15) is 12.8 Å². The largest absolute Gasteiger partial charge is 0.393 e. The highest BCUT2D eigenvalue weighted by atomic mass is 19.4. The number of halogens is 3. The van der Waals surface area contributed by atoms with Crippen LogP contribution in [0, 0.1) is 5.92 Å². The van der Waals surface area contributed by atoms with E-state index in [4.69, 9.17) is 4.74 Å². The van der Waals surface area contributed by atoms with Crippen molar-refractivity contribution in [2.45, 2.75) is 19.0 Å². The van der Waals surface area contributed by atoms with E-state index in [9.17, 15) is 13.2 Å². The third-order valence-electron chi connectivity index (χ3n) is 3.06. The SMILES string of the molecule is COCCNCCN1CCCC(C(F)(F)F)C1. The number of likely N-dealkylation sites (tertiary alicyclic amines) is 1. The molecule has 1 rings (SSSR count). The quantitative estimate of drug-likeness (QED) is 0.727. The number of rotatable bonds is 6. The minimum Gasteiger partial charge on any atom is -0.383 e. The Morgan fingerprint density at radius 3 is 2.76 bits per heavy atom. The van der Waals surface area contributed by atoms with Crippen LogP contribution >= 0.6 is 0 Å². The van der Waals surface area contributed by atoms with Gasteiger partial charge in [0.15, 0.2) is 0 Å². The molecule has 3 nitrogen and oxygen atoms in total. The first-order valence-electron chi connectivity index (χ1n) is 6.02. The average Bonchev–Trinajstić information content (AvgIpc) is 2.28. The van der Waals surface area contributed by atoms with E-state index in [1.165, 1.54) is 0 Å². The van der Waals surface area contributed by atoms with E-state index in [1.54, 1.807) is 7.11 Å². The zero-order valence-corrected chi connectivity index (χ0v) is 10.2. The van der Waals surface area contributed by atoms with Crippen molar-refractivity contribution in [3.63, 3.8) is 0 Å². The maximum absolute atomic E-state index is 12.5. The summed E-state index contributed by atoms with van der Waals surface area (Å²) < 4.78 is 42.5. The molecule has 1 saturated heterocycles. The Balaban J connectivity index is 2.17. The third-order valence-corrected chi connectivity index (χ3v) is 3.06. The van der Waals surface area contributed by atoms with Crippen molar-refractivity contribution in [1.82, 2.24) is 10.2 Å². The Kier molecular flexibility index (Phi) is 6.22. The lowest BCUT2D eigenvalue weighted by atomic mass is 9.97.